The molecule has 0 radical (unpaired) electrons. The fraction of sp³-hybridized carbons (Fsp3) is 0.300. The van der Waals surface area contributed by atoms with Crippen LogP contribution < -0.4 is 10.2 Å². The van der Waals surface area contributed by atoms with Crippen molar-refractivity contribution in [2.45, 2.75) is 13.0 Å². The lowest BCUT2D eigenvalue weighted by atomic mass is 10.2. The largest absolute Gasteiger partial charge is 0.345 e. The van der Waals surface area contributed by atoms with E-state index in [4.69, 9.17) is 4.98 Å². The van der Waals surface area contributed by atoms with Gasteiger partial charge in [-0.2, -0.15) is 0 Å². The molecule has 1 aliphatic heterocycles. The molecule has 150 valence electrons. The molecule has 1 saturated heterocycles. The summed E-state index contributed by atoms with van der Waals surface area (Å²) >= 11 is 1.69. The van der Waals surface area contributed by atoms with Crippen LogP contribution in [0.2, 0.25) is 0 Å². The van der Waals surface area contributed by atoms with E-state index in [9.17, 15) is 14.9 Å². The van der Waals surface area contributed by atoms with Gasteiger partial charge in [-0.25, -0.2) is 4.98 Å². The third-order valence-corrected chi connectivity index (χ3v) is 6.22. The lowest BCUT2D eigenvalue weighted by molar-refractivity contribution is -0.384. The molecule has 0 saturated carbocycles. The summed E-state index contributed by atoms with van der Waals surface area (Å²) in [6, 6.07) is 13.8. The first-order valence-electron chi connectivity index (χ1n) is 9.41. The highest BCUT2D eigenvalue weighted by Gasteiger charge is 2.27. The highest BCUT2D eigenvalue weighted by molar-refractivity contribution is 7.22. The number of nitro benzene ring substituents is 1. The average Bonchev–Trinajstić information content (AvgIpc) is 3.18. The fourth-order valence-electron chi connectivity index (χ4n) is 3.41. The van der Waals surface area contributed by atoms with E-state index in [1.165, 1.54) is 16.8 Å². The molecule has 0 spiro atoms. The van der Waals surface area contributed by atoms with E-state index in [2.05, 4.69) is 21.2 Å². The number of anilines is 2. The molecule has 8 nitrogen and oxygen atoms in total. The van der Waals surface area contributed by atoms with Crippen molar-refractivity contribution in [3.05, 3.63) is 58.6 Å². The molecule has 0 aliphatic carbocycles. The molecular weight excluding hydrogens is 390 g/mol. The third-order valence-electron chi connectivity index (χ3n) is 5.12. The van der Waals surface area contributed by atoms with Gasteiger partial charge in [0, 0.05) is 44.0 Å². The number of carbonyl (C=O) groups is 1. The van der Waals surface area contributed by atoms with Crippen molar-refractivity contribution in [3.8, 4) is 0 Å². The Balaban J connectivity index is 1.35. The first-order valence-corrected chi connectivity index (χ1v) is 10.2. The first-order chi connectivity index (χ1) is 14.0. The average molecular weight is 411 g/mol. The summed E-state index contributed by atoms with van der Waals surface area (Å²) < 4.78 is 1.18. The molecule has 1 N–H and O–H groups in total. The number of nitrogens with zero attached hydrogens (tertiary/aromatic N) is 4. The molecule has 1 fully saturated rings. The highest BCUT2D eigenvalue weighted by Crippen LogP contribution is 2.29. The molecule has 3 aromatic rings. The monoisotopic (exact) mass is 411 g/mol. The molecular formula is C20H21N5O3S. The van der Waals surface area contributed by atoms with Crippen LogP contribution in [0.3, 0.4) is 0 Å². The topological polar surface area (TPSA) is 91.6 Å². The third kappa shape index (κ3) is 4.20. The maximum atomic E-state index is 12.6. The Morgan fingerprint density at radius 1 is 1.17 bits per heavy atom. The summed E-state index contributed by atoms with van der Waals surface area (Å²) in [4.78, 5) is 32.1. The van der Waals surface area contributed by atoms with Crippen molar-refractivity contribution in [1.29, 1.82) is 0 Å². The summed E-state index contributed by atoms with van der Waals surface area (Å²) in [5.74, 6) is -0.168. The van der Waals surface area contributed by atoms with Crippen LogP contribution >= 0.6 is 11.3 Å². The van der Waals surface area contributed by atoms with Gasteiger partial charge in [0.05, 0.1) is 21.2 Å². The summed E-state index contributed by atoms with van der Waals surface area (Å²) in [6.07, 6.45) is 0. The lowest BCUT2D eigenvalue weighted by Gasteiger charge is -2.37. The first kappa shape index (κ1) is 19.3. The fourth-order valence-corrected chi connectivity index (χ4v) is 4.42. The molecule has 1 amide bonds. The smallest absolute Gasteiger partial charge is 0.271 e. The van der Waals surface area contributed by atoms with Gasteiger partial charge in [-0.15, -0.1) is 0 Å². The van der Waals surface area contributed by atoms with Gasteiger partial charge in [-0.3, -0.25) is 19.8 Å². The second-order valence-corrected chi connectivity index (χ2v) is 7.97. The molecule has 1 atom stereocenters. The van der Waals surface area contributed by atoms with Gasteiger partial charge in [0.25, 0.3) is 5.69 Å². The summed E-state index contributed by atoms with van der Waals surface area (Å²) in [5, 5.41) is 14.7. The Morgan fingerprint density at radius 2 is 1.93 bits per heavy atom. The van der Waals surface area contributed by atoms with Gasteiger partial charge in [0.1, 0.15) is 0 Å². The molecule has 9 heteroatoms. The van der Waals surface area contributed by atoms with Crippen LogP contribution in [0.25, 0.3) is 10.2 Å². The zero-order valence-corrected chi connectivity index (χ0v) is 16.8. The maximum absolute atomic E-state index is 12.6. The molecule has 1 aromatic heterocycles. The molecule has 29 heavy (non-hydrogen) atoms. The Morgan fingerprint density at radius 3 is 2.66 bits per heavy atom. The number of thiazole rings is 1. The maximum Gasteiger partial charge on any atom is 0.271 e. The number of amides is 1. The van der Waals surface area contributed by atoms with Gasteiger partial charge < -0.3 is 10.2 Å². The molecule has 1 aliphatic rings. The van der Waals surface area contributed by atoms with Crippen LogP contribution in [0.1, 0.15) is 6.92 Å². The minimum absolute atomic E-state index is 0.0418. The minimum Gasteiger partial charge on any atom is -0.345 e. The quantitative estimate of drug-likeness (QED) is 0.511. The summed E-state index contributed by atoms with van der Waals surface area (Å²) in [5.41, 5.74) is 1.41. The standard InChI is InChI=1S/C20H21N5O3S/c1-14(19(26)21-15-5-4-6-16(13-15)25(27)28)23-9-11-24(12-10-23)20-22-17-7-2-3-8-18(17)29-20/h2-8,13-14H,9-12H2,1H3,(H,21,26)/t14-/m1/s1. The van der Waals surface area contributed by atoms with Crippen molar-refractivity contribution in [1.82, 2.24) is 9.88 Å². The van der Waals surface area contributed by atoms with Crippen molar-refractivity contribution in [2.75, 3.05) is 36.4 Å². The highest BCUT2D eigenvalue weighted by atomic mass is 32.1. The zero-order valence-electron chi connectivity index (χ0n) is 15.9. The number of benzene rings is 2. The number of nitro groups is 1. The van der Waals surface area contributed by atoms with E-state index in [1.54, 1.807) is 23.5 Å². The number of hydrogen-bond donors (Lipinski definition) is 1. The molecule has 2 aromatic carbocycles. The van der Waals surface area contributed by atoms with Gasteiger partial charge >= 0.3 is 0 Å². The number of carbonyl (C=O) groups excluding carboxylic acids is 1. The molecule has 4 rings (SSSR count). The Bertz CT molecular complexity index is 1010. The normalized spacial score (nSPS) is 16.0. The predicted octanol–water partition coefficient (Wildman–Crippen LogP) is 3.35. The molecule has 0 unspecified atom stereocenters. The van der Waals surface area contributed by atoms with Crippen molar-refractivity contribution in [2.24, 2.45) is 0 Å². The van der Waals surface area contributed by atoms with Crippen molar-refractivity contribution < 1.29 is 9.72 Å². The van der Waals surface area contributed by atoms with Gasteiger partial charge in [-0.1, -0.05) is 29.5 Å². The van der Waals surface area contributed by atoms with Crippen LogP contribution in [0.15, 0.2) is 48.5 Å². The Hall–Kier alpha value is -3.04. The van der Waals surface area contributed by atoms with E-state index in [0.29, 0.717) is 5.69 Å². The number of nitrogens with one attached hydrogen (secondary N) is 1. The number of hydrogen-bond acceptors (Lipinski definition) is 7. The van der Waals surface area contributed by atoms with Gasteiger partial charge in [-0.05, 0) is 25.1 Å². The van der Waals surface area contributed by atoms with Crippen LogP contribution in [-0.2, 0) is 4.79 Å². The van der Waals surface area contributed by atoms with E-state index in [-0.39, 0.29) is 17.6 Å². The number of fused-ring (bicyclic) bond motifs is 1. The number of rotatable bonds is 5. The Labute approximate surface area is 171 Å². The lowest BCUT2D eigenvalue weighted by Crippen LogP contribution is -2.52. The van der Waals surface area contributed by atoms with Crippen LogP contribution in [-0.4, -0.2) is 52.9 Å². The zero-order chi connectivity index (χ0) is 20.4. The SMILES string of the molecule is C[C@H](C(=O)Nc1cccc([N+](=O)[O-])c1)N1CCN(c2nc3ccccc3s2)CC1. The summed E-state index contributed by atoms with van der Waals surface area (Å²) in [7, 11) is 0. The number of non-ortho nitro benzene ring substituents is 1. The van der Waals surface area contributed by atoms with Crippen LogP contribution in [0, 0.1) is 10.1 Å². The van der Waals surface area contributed by atoms with Crippen molar-refractivity contribution >= 4 is 44.0 Å². The molecule has 0 bridgehead atoms. The predicted molar refractivity (Wildman–Crippen MR) is 115 cm³/mol. The van der Waals surface area contributed by atoms with Crippen LogP contribution in [0.5, 0.6) is 0 Å². The number of aromatic nitrogens is 1. The minimum atomic E-state index is -0.472. The van der Waals surface area contributed by atoms with Crippen LogP contribution in [0.4, 0.5) is 16.5 Å². The number of para-hydroxylation sites is 1. The Kier molecular flexibility index (Phi) is 5.41. The van der Waals surface area contributed by atoms with E-state index in [0.717, 1.165) is 36.8 Å². The van der Waals surface area contributed by atoms with Crippen molar-refractivity contribution in [3.63, 3.8) is 0 Å². The van der Waals surface area contributed by atoms with Gasteiger partial charge in [0.2, 0.25) is 5.91 Å². The molecule has 2 heterocycles. The van der Waals surface area contributed by atoms with E-state index < -0.39 is 4.92 Å². The number of piperazine rings is 1. The second kappa shape index (κ2) is 8.14. The van der Waals surface area contributed by atoms with E-state index in [1.807, 2.05) is 25.1 Å². The van der Waals surface area contributed by atoms with Gasteiger partial charge in [0.15, 0.2) is 5.13 Å². The van der Waals surface area contributed by atoms with E-state index >= 15 is 0 Å². The summed E-state index contributed by atoms with van der Waals surface area (Å²) in [6.45, 7) is 4.96. The second-order valence-electron chi connectivity index (χ2n) is 6.96.